The van der Waals surface area contributed by atoms with Gasteiger partial charge in [0.15, 0.2) is 0 Å². The first-order valence-corrected chi connectivity index (χ1v) is 3.73. The van der Waals surface area contributed by atoms with E-state index in [0.29, 0.717) is 6.04 Å². The van der Waals surface area contributed by atoms with Gasteiger partial charge >= 0.3 is 0 Å². The highest BCUT2D eigenvalue weighted by atomic mass is 32.2. The van der Waals surface area contributed by atoms with E-state index in [1.807, 2.05) is 10.7 Å². The molecule has 1 heterocycles. The van der Waals surface area contributed by atoms with Crippen molar-refractivity contribution in [3.63, 3.8) is 0 Å². The third-order valence-electron chi connectivity index (χ3n) is 0.980. The van der Waals surface area contributed by atoms with Crippen molar-refractivity contribution in [2.24, 2.45) is 10.3 Å². The quantitative estimate of drug-likeness (QED) is 0.502. The first-order chi connectivity index (χ1) is 3.83. The number of hydrogen-bond acceptors (Lipinski definition) is 4. The lowest BCUT2D eigenvalue weighted by atomic mass is 10.4. The molecule has 0 N–H and O–H groups in total. The van der Waals surface area contributed by atoms with Crippen LogP contribution in [0.25, 0.3) is 0 Å². The molecule has 1 aliphatic heterocycles. The molecule has 0 aromatic rings. The third-order valence-corrected chi connectivity index (χ3v) is 1.62. The number of rotatable bonds is 1. The molecule has 0 fully saturated rings. The molecule has 1 rings (SSSR count). The zero-order valence-electron chi connectivity index (χ0n) is 5.03. The lowest BCUT2D eigenvalue weighted by Gasteiger charge is -2.04. The van der Waals surface area contributed by atoms with E-state index >= 15 is 0 Å². The van der Waals surface area contributed by atoms with Crippen LogP contribution in [-0.4, -0.2) is 23.3 Å². The van der Waals surface area contributed by atoms with Crippen molar-refractivity contribution in [1.29, 1.82) is 0 Å². The molecule has 3 nitrogen and oxygen atoms in total. The number of hydrogen-bond donors (Lipinski definition) is 0. The van der Waals surface area contributed by atoms with Crippen LogP contribution < -0.4 is 0 Å². The molecule has 0 aromatic heterocycles. The van der Waals surface area contributed by atoms with E-state index in [1.54, 1.807) is 11.9 Å². The molecule has 1 atom stereocenters. The second-order valence-corrected chi connectivity index (χ2v) is 2.56. The van der Waals surface area contributed by atoms with Gasteiger partial charge in [-0.15, -0.1) is 0 Å². The van der Waals surface area contributed by atoms with Crippen molar-refractivity contribution in [3.8, 4) is 0 Å². The van der Waals surface area contributed by atoms with Gasteiger partial charge in [-0.2, -0.15) is 5.11 Å². The van der Waals surface area contributed by atoms with Crippen LogP contribution in [0.2, 0.25) is 0 Å². The molecule has 0 radical (unpaired) electrons. The predicted octanol–water partition coefficient (Wildman–Crippen LogP) is 1.34. The highest BCUT2D eigenvalue weighted by molar-refractivity contribution is 7.96. The van der Waals surface area contributed by atoms with E-state index in [-0.39, 0.29) is 0 Å². The highest BCUT2D eigenvalue weighted by Crippen LogP contribution is 2.14. The summed E-state index contributed by atoms with van der Waals surface area (Å²) in [4.78, 5) is 0. The molecule has 0 aromatic carbocycles. The molecular weight excluding hydrogens is 122 g/mol. The lowest BCUT2D eigenvalue weighted by Crippen LogP contribution is -2.10. The SMILES string of the molecule is CSN1CC(C)N=N1. The van der Waals surface area contributed by atoms with E-state index in [0.717, 1.165) is 6.54 Å². The van der Waals surface area contributed by atoms with Gasteiger partial charge in [-0.05, 0) is 18.9 Å². The Kier molecular flexibility index (Phi) is 1.73. The van der Waals surface area contributed by atoms with E-state index in [9.17, 15) is 0 Å². The predicted molar refractivity (Wildman–Crippen MR) is 34.5 cm³/mol. The largest absolute Gasteiger partial charge is 0.219 e. The monoisotopic (exact) mass is 131 g/mol. The molecule has 0 amide bonds. The first kappa shape index (κ1) is 5.88. The van der Waals surface area contributed by atoms with Gasteiger partial charge in [-0.1, -0.05) is 5.22 Å². The second kappa shape index (κ2) is 2.35. The molecule has 46 valence electrons. The van der Waals surface area contributed by atoms with E-state index < -0.39 is 0 Å². The summed E-state index contributed by atoms with van der Waals surface area (Å²) in [7, 11) is 0. The summed E-state index contributed by atoms with van der Waals surface area (Å²) < 4.78 is 1.88. The van der Waals surface area contributed by atoms with Crippen LogP contribution in [0, 0.1) is 0 Å². The Bertz CT molecular complexity index is 103. The zero-order chi connectivity index (χ0) is 5.98. The summed E-state index contributed by atoms with van der Waals surface area (Å²) in [6.45, 7) is 3.01. The number of nitrogens with zero attached hydrogens (tertiary/aromatic N) is 3. The molecule has 0 aliphatic carbocycles. The molecular formula is C4H9N3S. The van der Waals surface area contributed by atoms with Crippen molar-refractivity contribution >= 4 is 11.9 Å². The Morgan fingerprint density at radius 1 is 1.75 bits per heavy atom. The summed E-state index contributed by atoms with van der Waals surface area (Å²) in [6, 6.07) is 0.391. The van der Waals surface area contributed by atoms with Crippen molar-refractivity contribution in [3.05, 3.63) is 0 Å². The Morgan fingerprint density at radius 3 is 2.75 bits per heavy atom. The fourth-order valence-corrected chi connectivity index (χ4v) is 1.04. The van der Waals surface area contributed by atoms with Crippen molar-refractivity contribution < 1.29 is 0 Å². The van der Waals surface area contributed by atoms with E-state index in [1.165, 1.54) is 0 Å². The fourth-order valence-electron chi connectivity index (χ4n) is 0.556. The Balaban J connectivity index is 2.34. The third kappa shape index (κ3) is 1.12. The molecule has 0 saturated carbocycles. The van der Waals surface area contributed by atoms with Gasteiger partial charge in [0.1, 0.15) is 0 Å². The van der Waals surface area contributed by atoms with Crippen LogP contribution in [-0.2, 0) is 0 Å². The van der Waals surface area contributed by atoms with Crippen molar-refractivity contribution in [2.75, 3.05) is 12.8 Å². The maximum absolute atomic E-state index is 3.92. The minimum Gasteiger partial charge on any atom is -0.219 e. The van der Waals surface area contributed by atoms with Crippen LogP contribution in [0.4, 0.5) is 0 Å². The van der Waals surface area contributed by atoms with Crippen LogP contribution in [0.3, 0.4) is 0 Å². The summed E-state index contributed by atoms with van der Waals surface area (Å²) in [5, 5.41) is 7.77. The maximum atomic E-state index is 3.92. The van der Waals surface area contributed by atoms with Crippen LogP contribution >= 0.6 is 11.9 Å². The van der Waals surface area contributed by atoms with Gasteiger partial charge in [0.05, 0.1) is 12.6 Å². The minimum atomic E-state index is 0.391. The van der Waals surface area contributed by atoms with Gasteiger partial charge < -0.3 is 0 Å². The standard InChI is InChI=1S/C4H9N3S/c1-4-3-7(8-2)6-5-4/h4H,3H2,1-2H3. The van der Waals surface area contributed by atoms with E-state index in [2.05, 4.69) is 17.3 Å². The average Bonchev–Trinajstić information content (AvgIpc) is 2.14. The summed E-state index contributed by atoms with van der Waals surface area (Å²) >= 11 is 1.61. The van der Waals surface area contributed by atoms with E-state index in [4.69, 9.17) is 0 Å². The lowest BCUT2D eigenvalue weighted by molar-refractivity contribution is 0.541. The molecule has 0 saturated heterocycles. The van der Waals surface area contributed by atoms with Crippen LogP contribution in [0.15, 0.2) is 10.3 Å². The van der Waals surface area contributed by atoms with Gasteiger partial charge in [0.2, 0.25) is 0 Å². The summed E-state index contributed by atoms with van der Waals surface area (Å²) in [5.74, 6) is 0. The van der Waals surface area contributed by atoms with Crippen LogP contribution in [0.5, 0.6) is 0 Å². The van der Waals surface area contributed by atoms with Gasteiger partial charge in [0, 0.05) is 6.26 Å². The molecule has 4 heteroatoms. The summed E-state index contributed by atoms with van der Waals surface area (Å²) in [6.07, 6.45) is 2.00. The fraction of sp³-hybridized carbons (Fsp3) is 1.00. The Hall–Kier alpha value is -0.250. The van der Waals surface area contributed by atoms with Gasteiger partial charge in [-0.25, -0.2) is 4.41 Å². The first-order valence-electron chi connectivity index (χ1n) is 2.55. The van der Waals surface area contributed by atoms with Gasteiger partial charge in [0.25, 0.3) is 0 Å². The van der Waals surface area contributed by atoms with Gasteiger partial charge in [-0.3, -0.25) is 0 Å². The average molecular weight is 131 g/mol. The normalized spacial score (nSPS) is 27.2. The van der Waals surface area contributed by atoms with Crippen LogP contribution in [0.1, 0.15) is 6.92 Å². The topological polar surface area (TPSA) is 28.0 Å². The second-order valence-electron chi connectivity index (χ2n) is 1.77. The maximum Gasteiger partial charge on any atom is 0.0904 e. The Labute approximate surface area is 53.3 Å². The molecule has 1 unspecified atom stereocenters. The zero-order valence-corrected chi connectivity index (χ0v) is 5.85. The minimum absolute atomic E-state index is 0.391. The molecule has 8 heavy (non-hydrogen) atoms. The highest BCUT2D eigenvalue weighted by Gasteiger charge is 2.12. The Morgan fingerprint density at radius 2 is 2.50 bits per heavy atom. The molecule has 0 spiro atoms. The summed E-state index contributed by atoms with van der Waals surface area (Å²) in [5.41, 5.74) is 0. The van der Waals surface area contributed by atoms with Crippen molar-refractivity contribution in [2.45, 2.75) is 13.0 Å². The van der Waals surface area contributed by atoms with Crippen molar-refractivity contribution in [1.82, 2.24) is 4.41 Å². The molecule has 0 bridgehead atoms. The molecule has 1 aliphatic rings. The smallest absolute Gasteiger partial charge is 0.0904 e.